The molecule has 0 unspecified atom stereocenters. The summed E-state index contributed by atoms with van der Waals surface area (Å²) in [5, 5.41) is 3.83. The van der Waals surface area contributed by atoms with Crippen LogP contribution in [-0.4, -0.2) is 16.9 Å². The molecule has 0 radical (unpaired) electrons. The first kappa shape index (κ1) is 20.3. The van der Waals surface area contributed by atoms with Crippen LogP contribution in [0.1, 0.15) is 37.4 Å². The van der Waals surface area contributed by atoms with E-state index in [9.17, 15) is 9.59 Å². The third-order valence-electron chi connectivity index (χ3n) is 5.15. The van der Waals surface area contributed by atoms with Gasteiger partial charge in [-0.1, -0.05) is 48.0 Å². The Morgan fingerprint density at radius 3 is 2.35 bits per heavy atom. The molecule has 0 fully saturated rings. The van der Waals surface area contributed by atoms with Crippen LogP contribution in [0.4, 0.5) is 5.69 Å². The Hall–Kier alpha value is -3.99. The van der Waals surface area contributed by atoms with Crippen molar-refractivity contribution in [1.82, 2.24) is 4.98 Å². The van der Waals surface area contributed by atoms with Crippen molar-refractivity contribution in [1.29, 1.82) is 0 Å². The zero-order valence-electron chi connectivity index (χ0n) is 17.6. The summed E-state index contributed by atoms with van der Waals surface area (Å²) >= 11 is 0. The van der Waals surface area contributed by atoms with Gasteiger partial charge in [-0.3, -0.25) is 9.78 Å². The van der Waals surface area contributed by atoms with Gasteiger partial charge in [0, 0.05) is 11.6 Å². The van der Waals surface area contributed by atoms with Crippen LogP contribution in [0, 0.1) is 20.8 Å². The summed E-state index contributed by atoms with van der Waals surface area (Å²) in [4.78, 5) is 30.4. The monoisotopic (exact) mass is 410 g/mol. The number of benzene rings is 3. The molecule has 5 nitrogen and oxygen atoms in total. The fraction of sp³-hybridized carbons (Fsp3) is 0.115. The van der Waals surface area contributed by atoms with E-state index in [1.165, 1.54) is 0 Å². The number of carbonyl (C=O) groups excluding carboxylic acids is 2. The summed E-state index contributed by atoms with van der Waals surface area (Å²) in [5.74, 6) is -0.643. The molecule has 5 heteroatoms. The number of pyridine rings is 1. The minimum absolute atomic E-state index is 0.212. The molecule has 0 aliphatic carbocycles. The standard InChI is InChI=1S/C26H22N2O3/c1-16-12-13-22(31-26(30)23-17(2)7-4-8-18(23)3)20(15-16)25(29)28-21-11-5-9-19-10-6-14-27-24(19)21/h4-15H,1-3H3,(H,28,29). The zero-order valence-corrected chi connectivity index (χ0v) is 17.6. The van der Waals surface area contributed by atoms with Gasteiger partial charge in [0.25, 0.3) is 5.91 Å². The first-order chi connectivity index (χ1) is 14.9. The minimum atomic E-state index is -0.486. The predicted octanol–water partition coefficient (Wildman–Crippen LogP) is 5.63. The molecule has 3 aromatic carbocycles. The van der Waals surface area contributed by atoms with Crippen molar-refractivity contribution in [2.75, 3.05) is 5.32 Å². The maximum atomic E-state index is 13.2. The number of hydrogen-bond acceptors (Lipinski definition) is 4. The lowest BCUT2D eigenvalue weighted by Crippen LogP contribution is -2.18. The van der Waals surface area contributed by atoms with Crippen LogP contribution in [0.3, 0.4) is 0 Å². The Bertz CT molecular complexity index is 1290. The molecule has 4 rings (SSSR count). The van der Waals surface area contributed by atoms with Crippen molar-refractivity contribution in [3.8, 4) is 5.75 Å². The number of para-hydroxylation sites is 1. The van der Waals surface area contributed by atoms with Crippen molar-refractivity contribution in [3.63, 3.8) is 0 Å². The number of anilines is 1. The lowest BCUT2D eigenvalue weighted by molar-refractivity contribution is 0.0731. The van der Waals surface area contributed by atoms with Gasteiger partial charge in [-0.05, 0) is 56.2 Å². The molecule has 0 aliphatic rings. The number of aryl methyl sites for hydroxylation is 3. The third kappa shape index (κ3) is 4.16. The van der Waals surface area contributed by atoms with E-state index in [1.807, 2.05) is 69.3 Å². The van der Waals surface area contributed by atoms with Crippen molar-refractivity contribution >= 4 is 28.5 Å². The Morgan fingerprint density at radius 2 is 1.58 bits per heavy atom. The number of hydrogen-bond donors (Lipinski definition) is 1. The van der Waals surface area contributed by atoms with Crippen molar-refractivity contribution in [2.24, 2.45) is 0 Å². The van der Waals surface area contributed by atoms with Crippen LogP contribution < -0.4 is 10.1 Å². The molecule has 1 heterocycles. The van der Waals surface area contributed by atoms with Crippen molar-refractivity contribution < 1.29 is 14.3 Å². The average molecular weight is 410 g/mol. The summed E-state index contributed by atoms with van der Waals surface area (Å²) in [6.45, 7) is 5.60. The summed E-state index contributed by atoms with van der Waals surface area (Å²) in [6.07, 6.45) is 1.68. The highest BCUT2D eigenvalue weighted by atomic mass is 16.5. The van der Waals surface area contributed by atoms with Crippen LogP contribution >= 0.6 is 0 Å². The van der Waals surface area contributed by atoms with E-state index >= 15 is 0 Å². The van der Waals surface area contributed by atoms with Gasteiger partial charge in [0.15, 0.2) is 0 Å². The quantitative estimate of drug-likeness (QED) is 0.350. The van der Waals surface area contributed by atoms with Gasteiger partial charge in [0.2, 0.25) is 0 Å². The summed E-state index contributed by atoms with van der Waals surface area (Å²) in [7, 11) is 0. The number of rotatable bonds is 4. The Morgan fingerprint density at radius 1 is 0.871 bits per heavy atom. The third-order valence-corrected chi connectivity index (χ3v) is 5.15. The molecule has 0 atom stereocenters. The molecule has 1 N–H and O–H groups in total. The van der Waals surface area contributed by atoms with E-state index in [-0.39, 0.29) is 17.2 Å². The number of carbonyl (C=O) groups is 2. The van der Waals surface area contributed by atoms with Crippen LogP contribution in [-0.2, 0) is 0 Å². The smallest absolute Gasteiger partial charge is 0.344 e. The maximum Gasteiger partial charge on any atom is 0.344 e. The Labute approximate surface area is 180 Å². The molecule has 31 heavy (non-hydrogen) atoms. The van der Waals surface area contributed by atoms with Gasteiger partial charge in [-0.15, -0.1) is 0 Å². The first-order valence-electron chi connectivity index (χ1n) is 9.98. The summed E-state index contributed by atoms with van der Waals surface area (Å²) in [5.41, 5.74) is 4.61. The molecule has 0 spiro atoms. The lowest BCUT2D eigenvalue weighted by Gasteiger charge is -2.14. The number of esters is 1. The van der Waals surface area contributed by atoms with Crippen LogP contribution in [0.15, 0.2) is 72.9 Å². The van der Waals surface area contributed by atoms with Gasteiger partial charge in [-0.2, -0.15) is 0 Å². The fourth-order valence-electron chi connectivity index (χ4n) is 3.59. The normalized spacial score (nSPS) is 10.7. The second-order valence-corrected chi connectivity index (χ2v) is 7.49. The second kappa shape index (κ2) is 8.40. The van der Waals surface area contributed by atoms with E-state index in [0.29, 0.717) is 16.8 Å². The van der Waals surface area contributed by atoms with E-state index in [4.69, 9.17) is 4.74 Å². The van der Waals surface area contributed by atoms with Gasteiger partial charge < -0.3 is 10.1 Å². The average Bonchev–Trinajstić information content (AvgIpc) is 2.75. The van der Waals surface area contributed by atoms with Crippen LogP contribution in [0.2, 0.25) is 0 Å². The fourth-order valence-corrected chi connectivity index (χ4v) is 3.59. The SMILES string of the molecule is Cc1ccc(OC(=O)c2c(C)cccc2C)c(C(=O)Nc2cccc3cccnc23)c1. The summed E-state index contributed by atoms with van der Waals surface area (Å²) < 4.78 is 5.68. The topological polar surface area (TPSA) is 68.3 Å². The molecule has 0 saturated heterocycles. The number of fused-ring (bicyclic) bond motifs is 1. The molecule has 0 saturated carbocycles. The van der Waals surface area contributed by atoms with Crippen molar-refractivity contribution in [3.05, 3.63) is 101 Å². The largest absolute Gasteiger partial charge is 0.422 e. The van der Waals surface area contributed by atoms with Gasteiger partial charge >= 0.3 is 5.97 Å². The lowest BCUT2D eigenvalue weighted by atomic mass is 10.0. The zero-order chi connectivity index (χ0) is 22.0. The summed E-state index contributed by atoms with van der Waals surface area (Å²) in [6, 6.07) is 20.2. The van der Waals surface area contributed by atoms with Gasteiger partial charge in [0.05, 0.1) is 22.3 Å². The van der Waals surface area contributed by atoms with E-state index in [0.717, 1.165) is 22.1 Å². The Kier molecular flexibility index (Phi) is 5.50. The second-order valence-electron chi connectivity index (χ2n) is 7.49. The number of aromatic nitrogens is 1. The number of nitrogens with one attached hydrogen (secondary N) is 1. The molecular weight excluding hydrogens is 388 g/mol. The highest BCUT2D eigenvalue weighted by Gasteiger charge is 2.20. The van der Waals surface area contributed by atoms with Crippen LogP contribution in [0.5, 0.6) is 5.75 Å². The molecule has 154 valence electrons. The molecular formula is C26H22N2O3. The van der Waals surface area contributed by atoms with E-state index < -0.39 is 5.97 Å². The van der Waals surface area contributed by atoms with Crippen molar-refractivity contribution in [2.45, 2.75) is 20.8 Å². The maximum absolute atomic E-state index is 13.2. The van der Waals surface area contributed by atoms with Crippen LogP contribution in [0.25, 0.3) is 10.9 Å². The number of amides is 1. The highest BCUT2D eigenvalue weighted by molar-refractivity contribution is 6.10. The Balaban J connectivity index is 1.67. The number of nitrogens with zero attached hydrogens (tertiary/aromatic N) is 1. The minimum Gasteiger partial charge on any atom is -0.422 e. The molecule has 0 aliphatic heterocycles. The van der Waals surface area contributed by atoms with E-state index in [1.54, 1.807) is 24.4 Å². The molecule has 1 amide bonds. The highest BCUT2D eigenvalue weighted by Crippen LogP contribution is 2.26. The predicted molar refractivity (Wildman–Crippen MR) is 122 cm³/mol. The number of ether oxygens (including phenoxy) is 1. The van der Waals surface area contributed by atoms with E-state index in [2.05, 4.69) is 10.3 Å². The van der Waals surface area contributed by atoms with Gasteiger partial charge in [0.1, 0.15) is 5.75 Å². The van der Waals surface area contributed by atoms with Gasteiger partial charge in [-0.25, -0.2) is 4.79 Å². The first-order valence-corrected chi connectivity index (χ1v) is 9.98. The molecule has 4 aromatic rings. The molecule has 0 bridgehead atoms. The molecule has 1 aromatic heterocycles.